The van der Waals surface area contributed by atoms with Gasteiger partial charge in [0.15, 0.2) is 11.6 Å². The van der Waals surface area contributed by atoms with Crippen molar-refractivity contribution >= 4 is 0 Å². The van der Waals surface area contributed by atoms with E-state index in [1.165, 1.54) is 6.20 Å². The van der Waals surface area contributed by atoms with Crippen LogP contribution in [0.4, 0.5) is 22.0 Å². The van der Waals surface area contributed by atoms with Crippen LogP contribution in [0.25, 0.3) is 11.3 Å². The highest BCUT2D eigenvalue weighted by Crippen LogP contribution is 2.28. The molecule has 2 nitrogen and oxygen atoms in total. The zero-order valence-corrected chi connectivity index (χ0v) is 9.21. The van der Waals surface area contributed by atoms with Crippen molar-refractivity contribution in [1.29, 1.82) is 0 Å². The third-order valence-electron chi connectivity index (χ3n) is 2.18. The molecule has 0 aliphatic rings. The minimum absolute atomic E-state index is 0.109. The Kier molecular flexibility index (Phi) is 3.37. The third-order valence-corrected chi connectivity index (χ3v) is 2.18. The Morgan fingerprint density at radius 3 is 2.32 bits per heavy atom. The van der Waals surface area contributed by atoms with Gasteiger partial charge < -0.3 is 4.74 Å². The number of alkyl halides is 3. The van der Waals surface area contributed by atoms with Gasteiger partial charge in [0, 0.05) is 17.8 Å². The number of rotatable bonds is 2. The van der Waals surface area contributed by atoms with Crippen molar-refractivity contribution in [2.75, 3.05) is 0 Å². The zero-order valence-electron chi connectivity index (χ0n) is 9.21. The number of ether oxygens (including phenoxy) is 1. The smallest absolute Gasteiger partial charge is 0.403 e. The van der Waals surface area contributed by atoms with E-state index in [0.29, 0.717) is 0 Å². The Labute approximate surface area is 104 Å². The first-order valence-corrected chi connectivity index (χ1v) is 5.02. The average Bonchev–Trinajstić information content (AvgIpc) is 2.30. The van der Waals surface area contributed by atoms with Crippen LogP contribution >= 0.6 is 0 Å². The van der Waals surface area contributed by atoms with E-state index in [-0.39, 0.29) is 11.3 Å². The molecule has 0 aliphatic carbocycles. The summed E-state index contributed by atoms with van der Waals surface area (Å²) in [5, 5.41) is 0. The average molecular weight is 275 g/mol. The summed E-state index contributed by atoms with van der Waals surface area (Å²) in [7, 11) is 0. The summed E-state index contributed by atoms with van der Waals surface area (Å²) < 4.78 is 65.7. The van der Waals surface area contributed by atoms with Gasteiger partial charge in [0.2, 0.25) is 0 Å². The molecule has 0 amide bonds. The molecule has 2 rings (SSSR count). The summed E-state index contributed by atoms with van der Waals surface area (Å²) in [4.78, 5) is 3.79. The van der Waals surface area contributed by atoms with Crippen molar-refractivity contribution < 1.29 is 26.7 Å². The summed E-state index contributed by atoms with van der Waals surface area (Å²) >= 11 is 0. The summed E-state index contributed by atoms with van der Waals surface area (Å²) in [6.45, 7) is 0. The normalized spacial score (nSPS) is 11.4. The van der Waals surface area contributed by atoms with E-state index < -0.39 is 23.7 Å². The number of nitrogens with zero attached hydrogens (tertiary/aromatic N) is 1. The number of hydrogen-bond donors (Lipinski definition) is 0. The van der Waals surface area contributed by atoms with E-state index in [4.69, 9.17) is 0 Å². The summed E-state index contributed by atoms with van der Waals surface area (Å²) in [6.07, 6.45) is -3.80. The molecule has 19 heavy (non-hydrogen) atoms. The van der Waals surface area contributed by atoms with Crippen LogP contribution in [0, 0.1) is 11.6 Å². The highest BCUT2D eigenvalue weighted by molar-refractivity contribution is 5.60. The lowest BCUT2D eigenvalue weighted by Gasteiger charge is -2.10. The second-order valence-electron chi connectivity index (χ2n) is 3.55. The molecule has 0 unspecified atom stereocenters. The van der Waals surface area contributed by atoms with Crippen molar-refractivity contribution in [3.8, 4) is 17.0 Å². The fourth-order valence-electron chi connectivity index (χ4n) is 1.43. The molecule has 0 aliphatic heterocycles. The highest BCUT2D eigenvalue weighted by Gasteiger charge is 2.32. The molecule has 0 saturated heterocycles. The number of benzene rings is 1. The Hall–Kier alpha value is -2.18. The third kappa shape index (κ3) is 3.40. The van der Waals surface area contributed by atoms with Crippen LogP contribution < -0.4 is 4.74 Å². The van der Waals surface area contributed by atoms with Crippen LogP contribution in [0.5, 0.6) is 5.75 Å². The van der Waals surface area contributed by atoms with Crippen LogP contribution in [0.1, 0.15) is 0 Å². The van der Waals surface area contributed by atoms with E-state index in [2.05, 4.69) is 9.72 Å². The van der Waals surface area contributed by atoms with Crippen LogP contribution in [-0.2, 0) is 0 Å². The maximum Gasteiger partial charge on any atom is 0.573 e. The van der Waals surface area contributed by atoms with Gasteiger partial charge in [0.25, 0.3) is 0 Å². The molecule has 7 heteroatoms. The monoisotopic (exact) mass is 275 g/mol. The SMILES string of the molecule is Fc1ccnc(-c2ccc(OC(F)(F)F)c(F)c2)c1. The topological polar surface area (TPSA) is 22.1 Å². The molecule has 0 N–H and O–H groups in total. The van der Waals surface area contributed by atoms with Crippen molar-refractivity contribution in [2.24, 2.45) is 0 Å². The molecule has 0 atom stereocenters. The standard InChI is InChI=1S/C12H6F5NO/c13-8-3-4-18-10(6-8)7-1-2-11(9(14)5-7)19-12(15,16)17/h1-6H. The molecule has 1 aromatic carbocycles. The summed E-state index contributed by atoms with van der Waals surface area (Å²) in [5.74, 6) is -2.74. The number of hydrogen-bond acceptors (Lipinski definition) is 2. The van der Waals surface area contributed by atoms with Crippen molar-refractivity contribution in [1.82, 2.24) is 4.98 Å². The maximum absolute atomic E-state index is 13.4. The van der Waals surface area contributed by atoms with Crippen LogP contribution in [0.2, 0.25) is 0 Å². The molecule has 0 spiro atoms. The molecule has 0 fully saturated rings. The number of halogens is 5. The van der Waals surface area contributed by atoms with Gasteiger partial charge in [-0.25, -0.2) is 8.78 Å². The van der Waals surface area contributed by atoms with Gasteiger partial charge in [-0.15, -0.1) is 13.2 Å². The molecule has 0 saturated carbocycles. The zero-order chi connectivity index (χ0) is 14.0. The van der Waals surface area contributed by atoms with Gasteiger partial charge in [0.1, 0.15) is 5.82 Å². The van der Waals surface area contributed by atoms with Gasteiger partial charge in [0.05, 0.1) is 5.69 Å². The molecule has 0 bridgehead atoms. The van der Waals surface area contributed by atoms with Gasteiger partial charge in [-0.2, -0.15) is 0 Å². The summed E-state index contributed by atoms with van der Waals surface area (Å²) in [5.41, 5.74) is 0.254. The second-order valence-corrected chi connectivity index (χ2v) is 3.55. The Balaban J connectivity index is 2.34. The Bertz CT molecular complexity index is 597. The first-order chi connectivity index (χ1) is 8.85. The van der Waals surface area contributed by atoms with Gasteiger partial charge in [-0.3, -0.25) is 4.98 Å². The summed E-state index contributed by atoms with van der Waals surface area (Å²) in [6, 6.07) is 4.90. The fourth-order valence-corrected chi connectivity index (χ4v) is 1.43. The first-order valence-electron chi connectivity index (χ1n) is 5.02. The van der Waals surface area contributed by atoms with Crippen LogP contribution in [0.15, 0.2) is 36.5 Å². The second kappa shape index (κ2) is 4.83. The van der Waals surface area contributed by atoms with Gasteiger partial charge in [-0.1, -0.05) is 0 Å². The fraction of sp³-hybridized carbons (Fsp3) is 0.0833. The molecule has 1 aromatic heterocycles. The minimum atomic E-state index is -4.97. The van der Waals surface area contributed by atoms with E-state index in [0.717, 1.165) is 30.3 Å². The van der Waals surface area contributed by atoms with Crippen molar-refractivity contribution in [3.63, 3.8) is 0 Å². The first kappa shape index (κ1) is 13.3. The Morgan fingerprint density at radius 2 is 1.74 bits per heavy atom. The quantitative estimate of drug-likeness (QED) is 0.775. The van der Waals surface area contributed by atoms with E-state index >= 15 is 0 Å². The minimum Gasteiger partial charge on any atom is -0.403 e. The molecule has 2 aromatic rings. The van der Waals surface area contributed by atoms with Gasteiger partial charge >= 0.3 is 6.36 Å². The maximum atomic E-state index is 13.4. The Morgan fingerprint density at radius 1 is 1.00 bits per heavy atom. The molecular formula is C12H6F5NO. The van der Waals surface area contributed by atoms with Crippen LogP contribution in [-0.4, -0.2) is 11.3 Å². The molecular weight excluding hydrogens is 269 g/mol. The predicted molar refractivity (Wildman–Crippen MR) is 56.3 cm³/mol. The lowest BCUT2D eigenvalue weighted by atomic mass is 10.1. The molecule has 0 radical (unpaired) electrons. The predicted octanol–water partition coefficient (Wildman–Crippen LogP) is 3.93. The van der Waals surface area contributed by atoms with Crippen LogP contribution in [0.3, 0.4) is 0 Å². The largest absolute Gasteiger partial charge is 0.573 e. The lowest BCUT2D eigenvalue weighted by Crippen LogP contribution is -2.17. The van der Waals surface area contributed by atoms with Crippen molar-refractivity contribution in [3.05, 3.63) is 48.2 Å². The molecule has 100 valence electrons. The van der Waals surface area contributed by atoms with E-state index in [1.807, 2.05) is 0 Å². The number of pyridine rings is 1. The van der Waals surface area contributed by atoms with Gasteiger partial charge in [-0.05, 0) is 24.3 Å². The highest BCUT2D eigenvalue weighted by atomic mass is 19.4. The van der Waals surface area contributed by atoms with Crippen molar-refractivity contribution in [2.45, 2.75) is 6.36 Å². The van der Waals surface area contributed by atoms with E-state index in [9.17, 15) is 22.0 Å². The molecule has 1 heterocycles. The lowest BCUT2D eigenvalue weighted by molar-refractivity contribution is -0.275. The number of aromatic nitrogens is 1. The van der Waals surface area contributed by atoms with E-state index in [1.54, 1.807) is 0 Å².